The molecule has 3 aromatic rings. The molecule has 0 amide bonds. The van der Waals surface area contributed by atoms with Gasteiger partial charge in [-0.3, -0.25) is 4.98 Å². The van der Waals surface area contributed by atoms with Crippen molar-refractivity contribution in [2.45, 2.75) is 19.3 Å². The third kappa shape index (κ3) is 4.21. The number of nitrogens with one attached hydrogen (secondary N) is 1. The van der Waals surface area contributed by atoms with Gasteiger partial charge in [0.1, 0.15) is 12.0 Å². The number of rotatable bonds is 6. The second-order valence-electron chi connectivity index (χ2n) is 6.09. The molecule has 1 aliphatic rings. The highest BCUT2D eigenvalue weighted by Crippen LogP contribution is 2.25. The van der Waals surface area contributed by atoms with Crippen LogP contribution in [0.2, 0.25) is 0 Å². The van der Waals surface area contributed by atoms with Crippen LogP contribution in [0.4, 0.5) is 5.82 Å². The van der Waals surface area contributed by atoms with Crippen molar-refractivity contribution in [3.63, 3.8) is 0 Å². The fourth-order valence-corrected chi connectivity index (χ4v) is 2.73. The minimum Gasteiger partial charge on any atom is -0.383 e. The summed E-state index contributed by atoms with van der Waals surface area (Å²) in [6, 6.07) is 11.3. The molecule has 4 rings (SSSR count). The number of hydrogen-bond acceptors (Lipinski definition) is 7. The maximum atomic E-state index is 5.88. The second kappa shape index (κ2) is 7.84. The average Bonchev–Trinajstić information content (AvgIpc) is 3.17. The Bertz CT molecular complexity index is 965. The fraction of sp³-hybridized carbons (Fsp3) is 0.150. The molecular formula is C20H19N5O2. The van der Waals surface area contributed by atoms with Crippen LogP contribution in [0.15, 0.2) is 77.2 Å². The Morgan fingerprint density at radius 3 is 2.81 bits per heavy atom. The fourth-order valence-electron chi connectivity index (χ4n) is 2.73. The Morgan fingerprint density at radius 2 is 2.04 bits per heavy atom. The van der Waals surface area contributed by atoms with Gasteiger partial charge in [-0.2, -0.15) is 0 Å². The average molecular weight is 361 g/mol. The van der Waals surface area contributed by atoms with Crippen molar-refractivity contribution < 1.29 is 9.26 Å². The summed E-state index contributed by atoms with van der Waals surface area (Å²) in [7, 11) is 0. The summed E-state index contributed by atoms with van der Waals surface area (Å²) in [5, 5.41) is 7.34. The van der Waals surface area contributed by atoms with Crippen LogP contribution in [0.25, 0.3) is 11.3 Å². The van der Waals surface area contributed by atoms with E-state index in [4.69, 9.17) is 15.0 Å². The molecule has 0 spiro atoms. The molecule has 0 aliphatic carbocycles. The molecule has 4 heterocycles. The molecular weight excluding hydrogens is 342 g/mol. The summed E-state index contributed by atoms with van der Waals surface area (Å²) in [6.07, 6.45) is 9.78. The predicted octanol–water partition coefficient (Wildman–Crippen LogP) is 2.84. The Labute approximate surface area is 156 Å². The van der Waals surface area contributed by atoms with E-state index in [1.165, 1.54) is 0 Å². The van der Waals surface area contributed by atoms with E-state index in [-0.39, 0.29) is 6.23 Å². The lowest BCUT2D eigenvalue weighted by Gasteiger charge is -2.18. The van der Waals surface area contributed by atoms with E-state index in [1.54, 1.807) is 12.4 Å². The van der Waals surface area contributed by atoms with E-state index in [1.807, 2.05) is 54.8 Å². The first-order chi connectivity index (χ1) is 13.3. The first kappa shape index (κ1) is 17.0. The highest BCUT2D eigenvalue weighted by molar-refractivity contribution is 5.69. The Kier molecular flexibility index (Phi) is 4.93. The van der Waals surface area contributed by atoms with Crippen molar-refractivity contribution in [1.29, 1.82) is 0 Å². The van der Waals surface area contributed by atoms with Crippen LogP contribution in [-0.2, 0) is 17.8 Å². The summed E-state index contributed by atoms with van der Waals surface area (Å²) in [4.78, 5) is 8.31. The van der Waals surface area contributed by atoms with E-state index in [9.17, 15) is 0 Å². The van der Waals surface area contributed by atoms with Gasteiger partial charge in [0.15, 0.2) is 5.76 Å². The van der Waals surface area contributed by atoms with E-state index in [2.05, 4.69) is 20.4 Å². The number of dihydropyridines is 1. The Balaban J connectivity index is 1.33. The lowest BCUT2D eigenvalue weighted by Crippen LogP contribution is -2.28. The number of nitrogens with zero attached hydrogens (tertiary/aromatic N) is 3. The Morgan fingerprint density at radius 1 is 1.11 bits per heavy atom. The molecule has 0 bridgehead atoms. The molecule has 3 aromatic heterocycles. The lowest BCUT2D eigenvalue weighted by molar-refractivity contribution is 0.0558. The molecule has 0 aromatic carbocycles. The minimum absolute atomic E-state index is 0.182. The van der Waals surface area contributed by atoms with Gasteiger partial charge >= 0.3 is 0 Å². The van der Waals surface area contributed by atoms with Gasteiger partial charge in [0, 0.05) is 31.1 Å². The zero-order valence-electron chi connectivity index (χ0n) is 14.6. The van der Waals surface area contributed by atoms with Crippen LogP contribution in [0.3, 0.4) is 0 Å². The molecule has 1 aliphatic heterocycles. The van der Waals surface area contributed by atoms with Crippen molar-refractivity contribution in [2.24, 2.45) is 0 Å². The summed E-state index contributed by atoms with van der Waals surface area (Å²) in [6.45, 7) is 0.450. The van der Waals surface area contributed by atoms with Crippen molar-refractivity contribution >= 4 is 5.82 Å². The maximum absolute atomic E-state index is 5.88. The number of allylic oxidation sites excluding steroid dienone is 2. The summed E-state index contributed by atoms with van der Waals surface area (Å²) >= 11 is 0. The van der Waals surface area contributed by atoms with Gasteiger partial charge in [-0.1, -0.05) is 17.3 Å². The van der Waals surface area contributed by atoms with Crippen LogP contribution >= 0.6 is 0 Å². The van der Waals surface area contributed by atoms with E-state index in [0.29, 0.717) is 24.6 Å². The molecule has 136 valence electrons. The zero-order valence-corrected chi connectivity index (χ0v) is 14.6. The smallest absolute Gasteiger partial charge is 0.170 e. The number of nitrogen functional groups attached to an aromatic ring is 1. The standard InChI is InChI=1S/C20H19N5O2/c21-20-17(5-3-9-23-20)18-11-16(25-27-18)10-14-6-7-19(24-12-14)26-13-15-4-1-2-8-22-15/h1-9,11-12,19,24H,10,13H2,(H2,21,23). The number of aromatic nitrogens is 3. The third-order valence-corrected chi connectivity index (χ3v) is 4.10. The zero-order chi connectivity index (χ0) is 18.5. The second-order valence-corrected chi connectivity index (χ2v) is 6.09. The lowest BCUT2D eigenvalue weighted by atomic mass is 10.1. The largest absolute Gasteiger partial charge is 0.383 e. The van der Waals surface area contributed by atoms with Crippen molar-refractivity contribution in [1.82, 2.24) is 20.4 Å². The number of hydrogen-bond donors (Lipinski definition) is 2. The summed E-state index contributed by atoms with van der Waals surface area (Å²) in [5.74, 6) is 1.03. The summed E-state index contributed by atoms with van der Waals surface area (Å²) in [5.41, 5.74) is 9.41. The third-order valence-electron chi connectivity index (χ3n) is 4.10. The summed E-state index contributed by atoms with van der Waals surface area (Å²) < 4.78 is 11.2. The molecule has 1 unspecified atom stereocenters. The normalized spacial score (nSPS) is 16.0. The molecule has 0 radical (unpaired) electrons. The first-order valence-corrected chi connectivity index (χ1v) is 8.59. The van der Waals surface area contributed by atoms with Crippen LogP contribution in [0, 0.1) is 0 Å². The molecule has 7 heteroatoms. The van der Waals surface area contributed by atoms with E-state index in [0.717, 1.165) is 22.5 Å². The van der Waals surface area contributed by atoms with Crippen LogP contribution < -0.4 is 11.1 Å². The van der Waals surface area contributed by atoms with Gasteiger partial charge in [0.2, 0.25) is 0 Å². The number of nitrogens with two attached hydrogens (primary N) is 1. The minimum atomic E-state index is -0.182. The quantitative estimate of drug-likeness (QED) is 0.696. The highest BCUT2D eigenvalue weighted by atomic mass is 16.5. The van der Waals surface area contributed by atoms with Gasteiger partial charge in [0.25, 0.3) is 0 Å². The topological polar surface area (TPSA) is 99.1 Å². The van der Waals surface area contributed by atoms with E-state index < -0.39 is 0 Å². The molecule has 0 saturated carbocycles. The van der Waals surface area contributed by atoms with Crippen molar-refractivity contribution in [3.8, 4) is 11.3 Å². The first-order valence-electron chi connectivity index (χ1n) is 8.59. The molecule has 0 fully saturated rings. The maximum Gasteiger partial charge on any atom is 0.170 e. The SMILES string of the molecule is Nc1ncccc1-c1cc(CC2=CNC(OCc3ccccn3)C=C2)no1. The van der Waals surface area contributed by atoms with Crippen LogP contribution in [0.1, 0.15) is 11.4 Å². The van der Waals surface area contributed by atoms with Crippen LogP contribution in [0.5, 0.6) is 0 Å². The van der Waals surface area contributed by atoms with Crippen LogP contribution in [-0.4, -0.2) is 21.4 Å². The monoisotopic (exact) mass is 361 g/mol. The molecule has 7 nitrogen and oxygen atoms in total. The highest BCUT2D eigenvalue weighted by Gasteiger charge is 2.13. The predicted molar refractivity (Wildman–Crippen MR) is 101 cm³/mol. The molecule has 0 saturated heterocycles. The van der Waals surface area contributed by atoms with Gasteiger partial charge < -0.3 is 20.3 Å². The van der Waals surface area contributed by atoms with Crippen molar-refractivity contribution in [3.05, 3.63) is 84.1 Å². The van der Waals surface area contributed by atoms with Gasteiger partial charge in [-0.05, 0) is 35.9 Å². The number of anilines is 1. The van der Waals surface area contributed by atoms with E-state index >= 15 is 0 Å². The molecule has 1 atom stereocenters. The van der Waals surface area contributed by atoms with Crippen molar-refractivity contribution in [2.75, 3.05) is 5.73 Å². The number of pyridine rings is 2. The Hall–Kier alpha value is -3.45. The molecule has 3 N–H and O–H groups in total. The molecule has 27 heavy (non-hydrogen) atoms. The van der Waals surface area contributed by atoms with Gasteiger partial charge in [-0.25, -0.2) is 4.98 Å². The number of ether oxygens (including phenoxy) is 1. The van der Waals surface area contributed by atoms with Gasteiger partial charge in [0.05, 0.1) is 23.6 Å². The van der Waals surface area contributed by atoms with Gasteiger partial charge in [-0.15, -0.1) is 0 Å².